The highest BCUT2D eigenvalue weighted by atomic mass is 19.4. The Labute approximate surface area is 79.2 Å². The van der Waals surface area contributed by atoms with E-state index in [1.165, 1.54) is 17.1 Å². The van der Waals surface area contributed by atoms with Crippen molar-refractivity contribution in [2.75, 3.05) is 6.61 Å². The Balaban J connectivity index is 2.76. The topological polar surface area (TPSA) is 38.0 Å². The van der Waals surface area contributed by atoms with Gasteiger partial charge in [-0.1, -0.05) is 0 Å². The van der Waals surface area contributed by atoms with Gasteiger partial charge in [0.1, 0.15) is 0 Å². The van der Waals surface area contributed by atoms with Crippen LogP contribution in [0.4, 0.5) is 13.2 Å². The normalized spacial score (nSPS) is 14.4. The first kappa shape index (κ1) is 11.0. The Kier molecular flexibility index (Phi) is 3.15. The van der Waals surface area contributed by atoms with Crippen LogP contribution in [-0.2, 0) is 6.54 Å². The van der Waals surface area contributed by atoms with Crippen molar-refractivity contribution >= 4 is 0 Å². The van der Waals surface area contributed by atoms with Crippen molar-refractivity contribution in [1.82, 2.24) is 9.78 Å². The predicted octanol–water partition coefficient (Wildman–Crippen LogP) is 1.54. The van der Waals surface area contributed by atoms with E-state index in [4.69, 9.17) is 5.11 Å². The van der Waals surface area contributed by atoms with Crippen molar-refractivity contribution in [2.45, 2.75) is 25.6 Å². The summed E-state index contributed by atoms with van der Waals surface area (Å²) in [5.74, 6) is -1.52. The molecule has 0 aliphatic heterocycles. The fraction of sp³-hybridized carbons (Fsp3) is 0.625. The van der Waals surface area contributed by atoms with Gasteiger partial charge < -0.3 is 5.11 Å². The minimum atomic E-state index is -4.24. The van der Waals surface area contributed by atoms with Gasteiger partial charge in [0.25, 0.3) is 0 Å². The molecule has 1 aromatic heterocycles. The Bertz CT molecular complexity index is 295. The number of aliphatic hydroxyl groups excluding tert-OH is 1. The number of hydrogen-bond donors (Lipinski definition) is 1. The Morgan fingerprint density at radius 1 is 1.57 bits per heavy atom. The molecule has 0 saturated carbocycles. The molecule has 0 aromatic carbocycles. The summed E-state index contributed by atoms with van der Waals surface area (Å²) in [5, 5.41) is 12.2. The van der Waals surface area contributed by atoms with Gasteiger partial charge in [-0.3, -0.25) is 4.68 Å². The molecule has 0 spiro atoms. The first-order valence-electron chi connectivity index (χ1n) is 4.15. The molecule has 0 radical (unpaired) electrons. The van der Waals surface area contributed by atoms with Crippen LogP contribution in [0.25, 0.3) is 0 Å². The van der Waals surface area contributed by atoms with E-state index >= 15 is 0 Å². The molecule has 0 aliphatic rings. The van der Waals surface area contributed by atoms with E-state index in [0.717, 1.165) is 6.92 Å². The quantitative estimate of drug-likeness (QED) is 0.818. The number of aliphatic hydroxyl groups is 1. The van der Waals surface area contributed by atoms with Crippen molar-refractivity contribution in [2.24, 2.45) is 0 Å². The second-order valence-corrected chi connectivity index (χ2v) is 3.02. The molecular formula is C8H11F3N2O. The predicted molar refractivity (Wildman–Crippen MR) is 43.8 cm³/mol. The SMILES string of the molecule is CC(c1cnn(CCO)c1)C(F)(F)F. The maximum atomic E-state index is 12.2. The lowest BCUT2D eigenvalue weighted by Crippen LogP contribution is -2.17. The molecule has 3 nitrogen and oxygen atoms in total. The number of rotatable bonds is 3. The molecular weight excluding hydrogens is 197 g/mol. The number of alkyl halides is 3. The fourth-order valence-corrected chi connectivity index (χ4v) is 1.02. The maximum Gasteiger partial charge on any atom is 0.395 e. The minimum absolute atomic E-state index is 0.117. The Morgan fingerprint density at radius 2 is 2.21 bits per heavy atom. The first-order chi connectivity index (χ1) is 6.45. The van der Waals surface area contributed by atoms with E-state index in [-0.39, 0.29) is 18.7 Å². The van der Waals surface area contributed by atoms with Crippen LogP contribution < -0.4 is 0 Å². The van der Waals surface area contributed by atoms with Crippen LogP contribution in [-0.4, -0.2) is 27.7 Å². The maximum absolute atomic E-state index is 12.2. The highest BCUT2D eigenvalue weighted by Gasteiger charge is 2.37. The lowest BCUT2D eigenvalue weighted by molar-refractivity contribution is -0.146. The molecule has 1 rings (SSSR count). The molecule has 1 unspecified atom stereocenters. The first-order valence-corrected chi connectivity index (χ1v) is 4.15. The fourth-order valence-electron chi connectivity index (χ4n) is 1.02. The second-order valence-electron chi connectivity index (χ2n) is 3.02. The van der Waals surface area contributed by atoms with Gasteiger partial charge in [-0.15, -0.1) is 0 Å². The summed E-state index contributed by atoms with van der Waals surface area (Å²) < 4.78 is 38.0. The average molecular weight is 208 g/mol. The number of nitrogens with zero attached hydrogens (tertiary/aromatic N) is 2. The van der Waals surface area contributed by atoms with E-state index in [2.05, 4.69) is 5.10 Å². The molecule has 1 heterocycles. The van der Waals surface area contributed by atoms with E-state index in [1.54, 1.807) is 0 Å². The lowest BCUT2D eigenvalue weighted by Gasteiger charge is -2.12. The van der Waals surface area contributed by atoms with Crippen molar-refractivity contribution in [3.05, 3.63) is 18.0 Å². The summed E-state index contributed by atoms with van der Waals surface area (Å²) >= 11 is 0. The van der Waals surface area contributed by atoms with Gasteiger partial charge in [-0.2, -0.15) is 18.3 Å². The van der Waals surface area contributed by atoms with Gasteiger partial charge >= 0.3 is 6.18 Å². The van der Waals surface area contributed by atoms with Crippen molar-refractivity contribution < 1.29 is 18.3 Å². The Hall–Kier alpha value is -1.04. The third kappa shape index (κ3) is 2.47. The smallest absolute Gasteiger partial charge is 0.394 e. The van der Waals surface area contributed by atoms with Gasteiger partial charge in [0.15, 0.2) is 0 Å². The molecule has 0 saturated heterocycles. The van der Waals surface area contributed by atoms with Crippen LogP contribution in [0, 0.1) is 0 Å². The standard InChI is InChI=1S/C8H11F3N2O/c1-6(8(9,10)11)7-4-12-13(5-7)2-3-14/h4-6,14H,2-3H2,1H3. The van der Waals surface area contributed by atoms with Gasteiger partial charge in [-0.25, -0.2) is 0 Å². The second kappa shape index (κ2) is 4.00. The van der Waals surface area contributed by atoms with Crippen LogP contribution in [0.3, 0.4) is 0 Å². The third-order valence-electron chi connectivity index (χ3n) is 1.97. The van der Waals surface area contributed by atoms with Crippen LogP contribution in [0.1, 0.15) is 18.4 Å². The summed E-state index contributed by atoms with van der Waals surface area (Å²) in [7, 11) is 0. The highest BCUT2D eigenvalue weighted by molar-refractivity contribution is 5.12. The van der Waals surface area contributed by atoms with Gasteiger partial charge in [0.05, 0.1) is 25.3 Å². The molecule has 14 heavy (non-hydrogen) atoms. The summed E-state index contributed by atoms with van der Waals surface area (Å²) in [5.41, 5.74) is 0.117. The van der Waals surface area contributed by atoms with E-state index in [1.807, 2.05) is 0 Å². The van der Waals surface area contributed by atoms with Gasteiger partial charge in [0, 0.05) is 11.8 Å². The van der Waals surface area contributed by atoms with E-state index in [0.29, 0.717) is 0 Å². The zero-order chi connectivity index (χ0) is 10.8. The van der Waals surface area contributed by atoms with Crippen LogP contribution in [0.15, 0.2) is 12.4 Å². The summed E-state index contributed by atoms with van der Waals surface area (Å²) in [6, 6.07) is 0. The molecule has 1 atom stereocenters. The third-order valence-corrected chi connectivity index (χ3v) is 1.97. The zero-order valence-electron chi connectivity index (χ0n) is 7.62. The zero-order valence-corrected chi connectivity index (χ0v) is 7.62. The number of halogens is 3. The van der Waals surface area contributed by atoms with Crippen molar-refractivity contribution in [3.63, 3.8) is 0 Å². The van der Waals surface area contributed by atoms with Crippen LogP contribution >= 0.6 is 0 Å². The highest BCUT2D eigenvalue weighted by Crippen LogP contribution is 2.33. The van der Waals surface area contributed by atoms with E-state index < -0.39 is 12.1 Å². The lowest BCUT2D eigenvalue weighted by atomic mass is 10.1. The molecule has 6 heteroatoms. The monoisotopic (exact) mass is 208 g/mol. The van der Waals surface area contributed by atoms with Crippen molar-refractivity contribution in [3.8, 4) is 0 Å². The van der Waals surface area contributed by atoms with Crippen LogP contribution in [0.5, 0.6) is 0 Å². The molecule has 0 aliphatic carbocycles. The molecule has 1 N–H and O–H groups in total. The number of aromatic nitrogens is 2. The van der Waals surface area contributed by atoms with E-state index in [9.17, 15) is 13.2 Å². The molecule has 0 amide bonds. The largest absolute Gasteiger partial charge is 0.395 e. The summed E-state index contributed by atoms with van der Waals surface area (Å²) in [6.07, 6.45) is -1.77. The van der Waals surface area contributed by atoms with Crippen molar-refractivity contribution in [1.29, 1.82) is 0 Å². The molecule has 1 aromatic rings. The molecule has 0 bridgehead atoms. The molecule has 80 valence electrons. The van der Waals surface area contributed by atoms with Gasteiger partial charge in [0.2, 0.25) is 0 Å². The van der Waals surface area contributed by atoms with Crippen LogP contribution in [0.2, 0.25) is 0 Å². The molecule has 0 fully saturated rings. The number of hydrogen-bond acceptors (Lipinski definition) is 2. The van der Waals surface area contributed by atoms with Gasteiger partial charge in [-0.05, 0) is 6.92 Å². The Morgan fingerprint density at radius 3 is 2.71 bits per heavy atom. The minimum Gasteiger partial charge on any atom is -0.394 e. The summed E-state index contributed by atoms with van der Waals surface area (Å²) in [6.45, 7) is 1.16. The summed E-state index contributed by atoms with van der Waals surface area (Å²) in [4.78, 5) is 0. The average Bonchev–Trinajstić information content (AvgIpc) is 2.50.